The summed E-state index contributed by atoms with van der Waals surface area (Å²) in [5.74, 6) is 0. The van der Waals surface area contributed by atoms with Crippen molar-refractivity contribution in [1.82, 2.24) is 0 Å². The van der Waals surface area contributed by atoms with Gasteiger partial charge in [0.1, 0.15) is 0 Å². The highest BCUT2D eigenvalue weighted by atomic mass is 19.4. The van der Waals surface area contributed by atoms with E-state index >= 15 is 0 Å². The third-order valence-electron chi connectivity index (χ3n) is 1.07. The Kier molecular flexibility index (Phi) is 3.82. The maximum atomic E-state index is 11.7. The zero-order valence-electron chi connectivity index (χ0n) is 6.48. The van der Waals surface area contributed by atoms with Gasteiger partial charge in [-0.15, -0.1) is 0 Å². The SMILES string of the molecule is CC(OC[C@H](C)N)C(F)(F)F. The van der Waals surface area contributed by atoms with Gasteiger partial charge in [0, 0.05) is 6.04 Å². The summed E-state index contributed by atoms with van der Waals surface area (Å²) in [6.45, 7) is 2.48. The predicted octanol–water partition coefficient (Wildman–Crippen LogP) is 1.30. The molecule has 0 aliphatic heterocycles. The topological polar surface area (TPSA) is 35.2 Å². The maximum Gasteiger partial charge on any atom is 0.414 e. The molecule has 0 bridgehead atoms. The van der Waals surface area contributed by atoms with E-state index in [9.17, 15) is 13.2 Å². The molecule has 0 amide bonds. The first-order valence-corrected chi connectivity index (χ1v) is 3.28. The van der Waals surface area contributed by atoms with Gasteiger partial charge in [0.15, 0.2) is 6.10 Å². The number of halogens is 3. The van der Waals surface area contributed by atoms with Gasteiger partial charge in [0.2, 0.25) is 0 Å². The molecule has 0 aliphatic carbocycles. The number of ether oxygens (including phenoxy) is 1. The number of alkyl halides is 3. The van der Waals surface area contributed by atoms with Crippen LogP contribution in [0.2, 0.25) is 0 Å². The van der Waals surface area contributed by atoms with Crippen molar-refractivity contribution in [2.45, 2.75) is 32.2 Å². The smallest absolute Gasteiger partial charge is 0.367 e. The van der Waals surface area contributed by atoms with Crippen molar-refractivity contribution in [3.63, 3.8) is 0 Å². The summed E-state index contributed by atoms with van der Waals surface area (Å²) >= 11 is 0. The molecule has 2 atom stereocenters. The van der Waals surface area contributed by atoms with Gasteiger partial charge in [-0.25, -0.2) is 0 Å². The number of nitrogens with two attached hydrogens (primary N) is 1. The van der Waals surface area contributed by atoms with Crippen LogP contribution in [-0.4, -0.2) is 24.9 Å². The summed E-state index contributed by atoms with van der Waals surface area (Å²) in [6.07, 6.45) is -6.01. The van der Waals surface area contributed by atoms with E-state index in [-0.39, 0.29) is 12.6 Å². The highest BCUT2D eigenvalue weighted by Gasteiger charge is 2.36. The molecule has 68 valence electrons. The van der Waals surface area contributed by atoms with Crippen molar-refractivity contribution in [1.29, 1.82) is 0 Å². The molecule has 0 aliphatic rings. The maximum absolute atomic E-state index is 11.7. The molecule has 0 aromatic heterocycles. The summed E-state index contributed by atoms with van der Waals surface area (Å²) in [4.78, 5) is 0. The second-order valence-electron chi connectivity index (χ2n) is 2.49. The number of hydrogen-bond acceptors (Lipinski definition) is 2. The van der Waals surface area contributed by atoms with E-state index in [0.717, 1.165) is 6.92 Å². The van der Waals surface area contributed by atoms with Crippen LogP contribution in [-0.2, 0) is 4.74 Å². The minimum Gasteiger partial charge on any atom is -0.367 e. The van der Waals surface area contributed by atoms with Crippen molar-refractivity contribution < 1.29 is 17.9 Å². The normalized spacial score (nSPS) is 18.0. The first kappa shape index (κ1) is 10.7. The van der Waals surface area contributed by atoms with Crippen LogP contribution in [0.4, 0.5) is 13.2 Å². The lowest BCUT2D eigenvalue weighted by Gasteiger charge is -2.17. The molecule has 0 rings (SSSR count). The second kappa shape index (κ2) is 3.92. The second-order valence-corrected chi connectivity index (χ2v) is 2.49. The van der Waals surface area contributed by atoms with Crippen molar-refractivity contribution >= 4 is 0 Å². The Hall–Kier alpha value is -0.290. The molecular weight excluding hydrogens is 159 g/mol. The highest BCUT2D eigenvalue weighted by Crippen LogP contribution is 2.22. The van der Waals surface area contributed by atoms with Crippen molar-refractivity contribution in [3.8, 4) is 0 Å². The van der Waals surface area contributed by atoms with E-state index in [0.29, 0.717) is 0 Å². The van der Waals surface area contributed by atoms with E-state index in [2.05, 4.69) is 4.74 Å². The van der Waals surface area contributed by atoms with Gasteiger partial charge in [0.05, 0.1) is 6.61 Å². The van der Waals surface area contributed by atoms with E-state index in [4.69, 9.17) is 5.73 Å². The third kappa shape index (κ3) is 5.03. The molecule has 5 heteroatoms. The first-order chi connectivity index (χ1) is 4.84. The lowest BCUT2D eigenvalue weighted by molar-refractivity contribution is -0.214. The Morgan fingerprint density at radius 2 is 1.82 bits per heavy atom. The molecule has 0 radical (unpaired) electrons. The summed E-state index contributed by atoms with van der Waals surface area (Å²) < 4.78 is 39.6. The molecule has 0 heterocycles. The van der Waals surface area contributed by atoms with Crippen LogP contribution < -0.4 is 5.73 Å². The van der Waals surface area contributed by atoms with Crippen LogP contribution in [0.15, 0.2) is 0 Å². The fraction of sp³-hybridized carbons (Fsp3) is 1.00. The number of hydrogen-bond donors (Lipinski definition) is 1. The molecule has 0 saturated heterocycles. The van der Waals surface area contributed by atoms with Crippen LogP contribution in [0.5, 0.6) is 0 Å². The zero-order chi connectivity index (χ0) is 9.07. The van der Waals surface area contributed by atoms with Crippen LogP contribution >= 0.6 is 0 Å². The fourth-order valence-corrected chi connectivity index (χ4v) is 0.391. The Bertz CT molecular complexity index is 113. The average molecular weight is 171 g/mol. The molecule has 0 aromatic carbocycles. The van der Waals surface area contributed by atoms with Gasteiger partial charge >= 0.3 is 6.18 Å². The Morgan fingerprint density at radius 1 is 1.36 bits per heavy atom. The summed E-state index contributed by atoms with van der Waals surface area (Å²) in [6, 6.07) is -0.361. The monoisotopic (exact) mass is 171 g/mol. The van der Waals surface area contributed by atoms with Gasteiger partial charge in [0.25, 0.3) is 0 Å². The molecule has 0 saturated carbocycles. The average Bonchev–Trinajstić information content (AvgIpc) is 1.80. The van der Waals surface area contributed by atoms with Crippen LogP contribution in [0.1, 0.15) is 13.8 Å². The third-order valence-corrected chi connectivity index (χ3v) is 1.07. The molecule has 2 nitrogen and oxygen atoms in total. The van der Waals surface area contributed by atoms with Crippen LogP contribution in [0, 0.1) is 0 Å². The fourth-order valence-electron chi connectivity index (χ4n) is 0.391. The molecule has 2 N–H and O–H groups in total. The van der Waals surface area contributed by atoms with Crippen molar-refractivity contribution in [3.05, 3.63) is 0 Å². The Morgan fingerprint density at radius 3 is 2.09 bits per heavy atom. The highest BCUT2D eigenvalue weighted by molar-refractivity contribution is 4.62. The van der Waals surface area contributed by atoms with E-state index in [1.54, 1.807) is 6.92 Å². The number of rotatable bonds is 3. The zero-order valence-corrected chi connectivity index (χ0v) is 6.48. The molecule has 1 unspecified atom stereocenters. The lowest BCUT2D eigenvalue weighted by Crippen LogP contribution is -2.33. The van der Waals surface area contributed by atoms with E-state index < -0.39 is 12.3 Å². The van der Waals surface area contributed by atoms with Crippen LogP contribution in [0.3, 0.4) is 0 Å². The van der Waals surface area contributed by atoms with E-state index in [1.807, 2.05) is 0 Å². The molecule has 0 aromatic rings. The molecule has 11 heavy (non-hydrogen) atoms. The quantitative estimate of drug-likeness (QED) is 0.694. The lowest BCUT2D eigenvalue weighted by atomic mass is 10.3. The van der Waals surface area contributed by atoms with Crippen molar-refractivity contribution in [2.75, 3.05) is 6.61 Å². The summed E-state index contributed by atoms with van der Waals surface area (Å²) in [7, 11) is 0. The summed E-state index contributed by atoms with van der Waals surface area (Å²) in [5.41, 5.74) is 5.19. The van der Waals surface area contributed by atoms with E-state index in [1.165, 1.54) is 0 Å². The Balaban J connectivity index is 3.61. The van der Waals surface area contributed by atoms with Gasteiger partial charge in [-0.3, -0.25) is 0 Å². The summed E-state index contributed by atoms with van der Waals surface area (Å²) in [5, 5.41) is 0. The molecule has 0 fully saturated rings. The van der Waals surface area contributed by atoms with Crippen LogP contribution in [0.25, 0.3) is 0 Å². The minimum absolute atomic E-state index is 0.0688. The molecule has 0 spiro atoms. The first-order valence-electron chi connectivity index (χ1n) is 3.28. The van der Waals surface area contributed by atoms with Gasteiger partial charge in [-0.2, -0.15) is 13.2 Å². The predicted molar refractivity (Wildman–Crippen MR) is 35.1 cm³/mol. The largest absolute Gasteiger partial charge is 0.414 e. The molecular formula is C6H12F3NO. The van der Waals surface area contributed by atoms with Gasteiger partial charge in [-0.1, -0.05) is 0 Å². The van der Waals surface area contributed by atoms with Crippen molar-refractivity contribution in [2.24, 2.45) is 5.73 Å². The van der Waals surface area contributed by atoms with Gasteiger partial charge < -0.3 is 10.5 Å². The van der Waals surface area contributed by atoms with Gasteiger partial charge in [-0.05, 0) is 13.8 Å². The standard InChI is InChI=1S/C6H12F3NO/c1-4(10)3-11-5(2)6(7,8)9/h4-5H,3,10H2,1-2H3/t4-,5?/m0/s1. The minimum atomic E-state index is -4.28. The Labute approximate surface area is 63.5 Å².